The molecule has 0 spiro atoms. The number of sulfonamides is 1. The van der Waals surface area contributed by atoms with E-state index >= 15 is 0 Å². The Morgan fingerprint density at radius 1 is 1.13 bits per heavy atom. The monoisotopic (exact) mass is 449 g/mol. The van der Waals surface area contributed by atoms with Crippen LogP contribution in [0, 0.1) is 0 Å². The minimum absolute atomic E-state index is 0.342. The summed E-state index contributed by atoms with van der Waals surface area (Å²) in [4.78, 5) is 12.6. The zero-order chi connectivity index (χ0) is 23.0. The van der Waals surface area contributed by atoms with Crippen LogP contribution in [0.25, 0.3) is 0 Å². The lowest BCUT2D eigenvalue weighted by molar-refractivity contribution is -0.121. The fraction of sp³-hybridized carbons (Fsp3) is 0.333. The molecule has 168 valence electrons. The highest BCUT2D eigenvalue weighted by Gasteiger charge is 2.29. The van der Waals surface area contributed by atoms with Crippen LogP contribution in [0.15, 0.2) is 47.6 Å². The van der Waals surface area contributed by atoms with Gasteiger partial charge in [0.25, 0.3) is 5.91 Å². The Labute approximate surface area is 182 Å². The minimum Gasteiger partial charge on any atom is -0.497 e. The molecule has 1 atom stereocenters. The summed E-state index contributed by atoms with van der Waals surface area (Å²) in [7, 11) is -0.686. The first-order chi connectivity index (χ1) is 14.7. The second-order valence-corrected chi connectivity index (χ2v) is 8.36. The Hall–Kier alpha value is -3.27. The molecule has 0 saturated carbocycles. The molecule has 0 aliphatic rings. The maximum absolute atomic E-state index is 12.6. The fourth-order valence-corrected chi connectivity index (χ4v) is 4.02. The first-order valence-electron chi connectivity index (χ1n) is 9.48. The fourth-order valence-electron chi connectivity index (χ4n) is 2.85. The van der Waals surface area contributed by atoms with Gasteiger partial charge in [-0.25, -0.2) is 13.8 Å². The number of hydrogen-bond acceptors (Lipinski definition) is 7. The standard InChI is InChI=1S/C21H27N3O6S/c1-6-30-18-11-8-17(9-12-18)24(31(5,26)27)15(2)21(25)23-22-14-16-7-10-19(28-3)13-20(16)29-4/h7-15H,6H2,1-5H3,(H,23,25)/b22-14-/t15-/m1/s1. The predicted octanol–water partition coefficient (Wildman–Crippen LogP) is 2.41. The van der Waals surface area contributed by atoms with Crippen molar-refractivity contribution in [3.05, 3.63) is 48.0 Å². The molecule has 0 aliphatic carbocycles. The first kappa shape index (κ1) is 24.0. The van der Waals surface area contributed by atoms with Crippen LogP contribution >= 0.6 is 0 Å². The van der Waals surface area contributed by atoms with Crippen molar-refractivity contribution >= 4 is 27.8 Å². The molecular weight excluding hydrogens is 422 g/mol. The summed E-state index contributed by atoms with van der Waals surface area (Å²) in [5.74, 6) is 1.14. The lowest BCUT2D eigenvalue weighted by Crippen LogP contribution is -2.46. The van der Waals surface area contributed by atoms with E-state index in [9.17, 15) is 13.2 Å². The zero-order valence-electron chi connectivity index (χ0n) is 18.2. The van der Waals surface area contributed by atoms with Gasteiger partial charge in [0, 0.05) is 11.6 Å². The van der Waals surface area contributed by atoms with E-state index in [-0.39, 0.29) is 0 Å². The third-order valence-electron chi connectivity index (χ3n) is 4.31. The second-order valence-electron chi connectivity index (χ2n) is 6.50. The number of rotatable bonds is 10. The molecule has 0 radical (unpaired) electrons. The normalized spacial score (nSPS) is 12.3. The molecule has 10 heteroatoms. The van der Waals surface area contributed by atoms with Crippen LogP contribution in [0.5, 0.6) is 17.2 Å². The van der Waals surface area contributed by atoms with Crippen molar-refractivity contribution in [2.24, 2.45) is 5.10 Å². The molecule has 2 rings (SSSR count). The second kappa shape index (κ2) is 10.7. The van der Waals surface area contributed by atoms with Gasteiger partial charge in [0.15, 0.2) is 0 Å². The van der Waals surface area contributed by atoms with E-state index in [0.29, 0.717) is 35.1 Å². The summed E-state index contributed by atoms with van der Waals surface area (Å²) in [6.07, 6.45) is 2.45. The van der Waals surface area contributed by atoms with Crippen LogP contribution in [0.3, 0.4) is 0 Å². The molecule has 2 aromatic carbocycles. The molecule has 2 aromatic rings. The molecule has 1 N–H and O–H groups in total. The largest absolute Gasteiger partial charge is 0.497 e. The Bertz CT molecular complexity index is 1020. The highest BCUT2D eigenvalue weighted by Crippen LogP contribution is 2.25. The van der Waals surface area contributed by atoms with Crippen molar-refractivity contribution in [1.82, 2.24) is 5.43 Å². The third-order valence-corrected chi connectivity index (χ3v) is 5.55. The molecule has 31 heavy (non-hydrogen) atoms. The SMILES string of the molecule is CCOc1ccc(N([C@H](C)C(=O)N/N=C\c2ccc(OC)cc2OC)S(C)(=O)=O)cc1. The molecule has 0 fully saturated rings. The molecule has 0 heterocycles. The quantitative estimate of drug-likeness (QED) is 0.441. The van der Waals surface area contributed by atoms with Crippen LogP contribution in [0.2, 0.25) is 0 Å². The summed E-state index contributed by atoms with van der Waals surface area (Å²) in [6.45, 7) is 3.83. The van der Waals surface area contributed by atoms with Crippen LogP contribution in [-0.2, 0) is 14.8 Å². The lowest BCUT2D eigenvalue weighted by atomic mass is 10.2. The van der Waals surface area contributed by atoms with Crippen molar-refractivity contribution in [2.75, 3.05) is 31.4 Å². The van der Waals surface area contributed by atoms with Crippen molar-refractivity contribution in [3.63, 3.8) is 0 Å². The summed E-state index contributed by atoms with van der Waals surface area (Å²) >= 11 is 0. The topological polar surface area (TPSA) is 107 Å². The van der Waals surface area contributed by atoms with Gasteiger partial charge >= 0.3 is 0 Å². The van der Waals surface area contributed by atoms with E-state index in [1.54, 1.807) is 49.6 Å². The van der Waals surface area contributed by atoms with Gasteiger partial charge in [-0.15, -0.1) is 0 Å². The summed E-state index contributed by atoms with van der Waals surface area (Å²) in [5, 5.41) is 3.94. The van der Waals surface area contributed by atoms with Gasteiger partial charge in [-0.05, 0) is 50.2 Å². The van der Waals surface area contributed by atoms with Gasteiger partial charge in [0.1, 0.15) is 23.3 Å². The number of nitrogens with zero attached hydrogens (tertiary/aromatic N) is 2. The number of benzene rings is 2. The van der Waals surface area contributed by atoms with Gasteiger partial charge < -0.3 is 14.2 Å². The van der Waals surface area contributed by atoms with E-state index in [1.807, 2.05) is 6.92 Å². The molecule has 0 aliphatic heterocycles. The average Bonchev–Trinajstić information content (AvgIpc) is 2.74. The minimum atomic E-state index is -3.74. The first-order valence-corrected chi connectivity index (χ1v) is 11.3. The molecule has 1 amide bonds. The molecule has 9 nitrogen and oxygen atoms in total. The van der Waals surface area contributed by atoms with Gasteiger partial charge in [-0.1, -0.05) is 0 Å². The van der Waals surface area contributed by atoms with Crippen molar-refractivity contribution < 1.29 is 27.4 Å². The number of carbonyl (C=O) groups is 1. The van der Waals surface area contributed by atoms with Crippen LogP contribution in [0.4, 0.5) is 5.69 Å². The highest BCUT2D eigenvalue weighted by molar-refractivity contribution is 7.92. The van der Waals surface area contributed by atoms with E-state index in [2.05, 4.69) is 10.5 Å². The number of nitrogens with one attached hydrogen (secondary N) is 1. The van der Waals surface area contributed by atoms with Crippen molar-refractivity contribution in [1.29, 1.82) is 0 Å². The van der Waals surface area contributed by atoms with Crippen molar-refractivity contribution in [2.45, 2.75) is 19.9 Å². The van der Waals surface area contributed by atoms with E-state index in [4.69, 9.17) is 14.2 Å². The van der Waals surface area contributed by atoms with Gasteiger partial charge in [-0.2, -0.15) is 5.10 Å². The number of ether oxygens (including phenoxy) is 3. The number of anilines is 1. The summed E-state index contributed by atoms with van der Waals surface area (Å²) in [5.41, 5.74) is 3.33. The number of hydrazone groups is 1. The number of hydrogen-bond donors (Lipinski definition) is 1. The Balaban J connectivity index is 2.17. The molecular formula is C21H27N3O6S. The smallest absolute Gasteiger partial charge is 0.263 e. The highest BCUT2D eigenvalue weighted by atomic mass is 32.2. The van der Waals surface area contributed by atoms with Crippen LogP contribution < -0.4 is 23.9 Å². The van der Waals surface area contributed by atoms with Gasteiger partial charge in [0.2, 0.25) is 10.0 Å². The predicted molar refractivity (Wildman–Crippen MR) is 120 cm³/mol. The van der Waals surface area contributed by atoms with Crippen LogP contribution in [0.1, 0.15) is 19.4 Å². The zero-order valence-corrected chi connectivity index (χ0v) is 19.0. The van der Waals surface area contributed by atoms with Crippen molar-refractivity contribution in [3.8, 4) is 17.2 Å². The molecule has 0 aromatic heterocycles. The Morgan fingerprint density at radius 2 is 1.77 bits per heavy atom. The van der Waals surface area contributed by atoms with E-state index < -0.39 is 22.0 Å². The van der Waals surface area contributed by atoms with Crippen LogP contribution in [-0.4, -0.2) is 53.7 Å². The Kier molecular flexibility index (Phi) is 8.26. The lowest BCUT2D eigenvalue weighted by Gasteiger charge is -2.27. The van der Waals surface area contributed by atoms with Gasteiger partial charge in [0.05, 0.1) is 39.0 Å². The molecule has 0 bridgehead atoms. The number of methoxy groups -OCH3 is 2. The maximum atomic E-state index is 12.6. The Morgan fingerprint density at radius 3 is 2.32 bits per heavy atom. The summed E-state index contributed by atoms with van der Waals surface area (Å²) < 4.78 is 41.6. The molecule has 0 unspecified atom stereocenters. The van der Waals surface area contributed by atoms with E-state index in [1.165, 1.54) is 20.2 Å². The van der Waals surface area contributed by atoms with E-state index in [0.717, 1.165) is 10.6 Å². The average molecular weight is 450 g/mol. The number of amides is 1. The van der Waals surface area contributed by atoms with Gasteiger partial charge in [-0.3, -0.25) is 9.10 Å². The molecule has 0 saturated heterocycles. The summed E-state index contributed by atoms with van der Waals surface area (Å²) in [6, 6.07) is 10.6. The number of carbonyl (C=O) groups excluding carboxylic acids is 1. The maximum Gasteiger partial charge on any atom is 0.263 e. The third kappa shape index (κ3) is 6.35.